The van der Waals surface area contributed by atoms with Gasteiger partial charge < -0.3 is 4.74 Å². The van der Waals surface area contributed by atoms with Crippen LogP contribution >= 0.6 is 23.2 Å². The molecule has 1 heterocycles. The molecule has 1 saturated heterocycles. The molecular formula is C15H20Cl2O. The summed E-state index contributed by atoms with van der Waals surface area (Å²) in [4.78, 5) is 0. The molecule has 100 valence electrons. The molecule has 0 aliphatic carbocycles. The van der Waals surface area contributed by atoms with Crippen LogP contribution in [0.15, 0.2) is 30.3 Å². The minimum Gasteiger partial charge on any atom is -0.378 e. The van der Waals surface area contributed by atoms with E-state index >= 15 is 0 Å². The van der Waals surface area contributed by atoms with Crippen LogP contribution in [0.25, 0.3) is 0 Å². The summed E-state index contributed by atoms with van der Waals surface area (Å²) < 4.78 is 5.69. The first kappa shape index (κ1) is 14.2. The fourth-order valence-corrected chi connectivity index (χ4v) is 3.43. The van der Waals surface area contributed by atoms with E-state index in [9.17, 15) is 0 Å². The number of ether oxygens (including phenoxy) is 1. The van der Waals surface area contributed by atoms with Crippen LogP contribution in [0.3, 0.4) is 0 Å². The van der Waals surface area contributed by atoms with Gasteiger partial charge >= 0.3 is 0 Å². The maximum Gasteiger partial charge on any atom is 0.0576 e. The number of hydrogen-bond donors (Lipinski definition) is 0. The Kier molecular flexibility index (Phi) is 5.35. The molecule has 1 aliphatic heterocycles. The van der Waals surface area contributed by atoms with E-state index < -0.39 is 0 Å². The summed E-state index contributed by atoms with van der Waals surface area (Å²) in [6.45, 7) is 0.907. The highest BCUT2D eigenvalue weighted by atomic mass is 35.5. The number of halogens is 2. The Morgan fingerprint density at radius 2 is 1.89 bits per heavy atom. The van der Waals surface area contributed by atoms with Crippen LogP contribution in [-0.2, 0) is 10.2 Å². The van der Waals surface area contributed by atoms with Gasteiger partial charge in [-0.1, -0.05) is 30.3 Å². The predicted octanol–water partition coefficient (Wildman–Crippen LogP) is 4.36. The summed E-state index contributed by atoms with van der Waals surface area (Å²) in [6, 6.07) is 10.4. The van der Waals surface area contributed by atoms with Gasteiger partial charge in [0.1, 0.15) is 0 Å². The average molecular weight is 287 g/mol. The largest absolute Gasteiger partial charge is 0.378 e. The molecule has 18 heavy (non-hydrogen) atoms. The highest BCUT2D eigenvalue weighted by Gasteiger charge is 2.31. The van der Waals surface area contributed by atoms with Gasteiger partial charge in [-0.2, -0.15) is 0 Å². The zero-order valence-corrected chi connectivity index (χ0v) is 12.1. The molecule has 1 aliphatic rings. The molecule has 2 rings (SSSR count). The van der Waals surface area contributed by atoms with E-state index in [1.165, 1.54) is 18.4 Å². The lowest BCUT2D eigenvalue weighted by molar-refractivity contribution is 0.0977. The van der Waals surface area contributed by atoms with Crippen LogP contribution in [0.5, 0.6) is 0 Å². The Morgan fingerprint density at radius 1 is 1.17 bits per heavy atom. The van der Waals surface area contributed by atoms with Crippen molar-refractivity contribution in [1.29, 1.82) is 0 Å². The van der Waals surface area contributed by atoms with E-state index in [0.29, 0.717) is 17.9 Å². The first-order valence-corrected chi connectivity index (χ1v) is 7.67. The normalized spacial score (nSPS) is 20.2. The van der Waals surface area contributed by atoms with Gasteiger partial charge in [-0.25, -0.2) is 0 Å². The number of hydrogen-bond acceptors (Lipinski definition) is 1. The van der Waals surface area contributed by atoms with E-state index in [2.05, 4.69) is 24.3 Å². The summed E-state index contributed by atoms with van der Waals surface area (Å²) in [7, 11) is 0. The molecule has 0 bridgehead atoms. The summed E-state index contributed by atoms with van der Waals surface area (Å²) >= 11 is 12.4. The topological polar surface area (TPSA) is 9.23 Å². The fourth-order valence-electron chi connectivity index (χ4n) is 2.57. The third-order valence-corrected chi connectivity index (χ3v) is 4.89. The maximum atomic E-state index is 6.22. The van der Waals surface area contributed by atoms with Gasteiger partial charge in [0, 0.05) is 23.8 Å². The van der Waals surface area contributed by atoms with Crippen molar-refractivity contribution in [3.05, 3.63) is 35.9 Å². The van der Waals surface area contributed by atoms with Crippen molar-refractivity contribution in [1.82, 2.24) is 0 Å². The average Bonchev–Trinajstić information content (AvgIpc) is 2.95. The van der Waals surface area contributed by atoms with E-state index in [1.807, 2.05) is 6.07 Å². The predicted molar refractivity (Wildman–Crippen MR) is 77.8 cm³/mol. The molecule has 1 unspecified atom stereocenters. The third kappa shape index (κ3) is 3.20. The number of benzene rings is 1. The van der Waals surface area contributed by atoms with Crippen LogP contribution in [-0.4, -0.2) is 24.5 Å². The summed E-state index contributed by atoms with van der Waals surface area (Å²) in [5, 5.41) is 0. The van der Waals surface area contributed by atoms with Gasteiger partial charge in [0.2, 0.25) is 0 Å². The van der Waals surface area contributed by atoms with Crippen molar-refractivity contribution in [2.45, 2.75) is 37.2 Å². The smallest absolute Gasteiger partial charge is 0.0576 e. The summed E-state index contributed by atoms with van der Waals surface area (Å²) in [6.07, 6.45) is 4.81. The van der Waals surface area contributed by atoms with Crippen LogP contribution in [0, 0.1) is 0 Å². The van der Waals surface area contributed by atoms with Crippen LogP contribution < -0.4 is 0 Å². The Labute approximate surface area is 119 Å². The van der Waals surface area contributed by atoms with Gasteiger partial charge in [-0.3, -0.25) is 0 Å². The van der Waals surface area contributed by atoms with E-state index in [-0.39, 0.29) is 5.41 Å². The quantitative estimate of drug-likeness (QED) is 0.706. The molecular weight excluding hydrogens is 267 g/mol. The van der Waals surface area contributed by atoms with Gasteiger partial charge in [-0.05, 0) is 31.2 Å². The molecule has 0 amide bonds. The lowest BCUT2D eigenvalue weighted by Crippen LogP contribution is -2.31. The highest BCUT2D eigenvalue weighted by Crippen LogP contribution is 2.34. The first-order chi connectivity index (χ1) is 8.80. The van der Waals surface area contributed by atoms with E-state index in [1.54, 1.807) is 0 Å². The fraction of sp³-hybridized carbons (Fsp3) is 0.600. The van der Waals surface area contributed by atoms with Crippen molar-refractivity contribution in [2.24, 2.45) is 0 Å². The Bertz CT molecular complexity index is 343. The van der Waals surface area contributed by atoms with E-state index in [0.717, 1.165) is 19.4 Å². The zero-order valence-electron chi connectivity index (χ0n) is 10.6. The van der Waals surface area contributed by atoms with Crippen LogP contribution in [0.2, 0.25) is 0 Å². The molecule has 1 atom stereocenters. The standard InChI is InChI=1S/C15H20Cl2O/c16-11-15(12-17,13-5-2-1-3-6-13)9-8-14-7-4-10-18-14/h1-3,5-6,14H,4,7-12H2. The second-order valence-electron chi connectivity index (χ2n) is 5.09. The van der Waals surface area contributed by atoms with Crippen LogP contribution in [0.4, 0.5) is 0 Å². The molecule has 1 nitrogen and oxygen atoms in total. The monoisotopic (exact) mass is 286 g/mol. The summed E-state index contributed by atoms with van der Waals surface area (Å²) in [5.74, 6) is 1.13. The van der Waals surface area contributed by atoms with Crippen molar-refractivity contribution in [2.75, 3.05) is 18.4 Å². The second kappa shape index (κ2) is 6.79. The number of alkyl halides is 2. The maximum absolute atomic E-state index is 6.22. The molecule has 0 N–H and O–H groups in total. The van der Waals surface area contributed by atoms with Crippen molar-refractivity contribution in [3.63, 3.8) is 0 Å². The molecule has 1 aromatic rings. The highest BCUT2D eigenvalue weighted by molar-refractivity contribution is 6.22. The molecule has 3 heteroatoms. The zero-order chi connectivity index (χ0) is 12.8. The van der Waals surface area contributed by atoms with E-state index in [4.69, 9.17) is 27.9 Å². The Morgan fingerprint density at radius 3 is 2.44 bits per heavy atom. The van der Waals surface area contributed by atoms with Gasteiger partial charge in [0.15, 0.2) is 0 Å². The Hall–Kier alpha value is -0.240. The first-order valence-electron chi connectivity index (χ1n) is 6.60. The molecule has 0 aromatic heterocycles. The lowest BCUT2D eigenvalue weighted by atomic mass is 9.79. The van der Waals surface area contributed by atoms with Gasteiger partial charge in [0.05, 0.1) is 6.10 Å². The SMILES string of the molecule is ClCC(CCl)(CCC1CCCO1)c1ccccc1. The molecule has 1 aromatic carbocycles. The lowest BCUT2D eigenvalue weighted by Gasteiger charge is -2.31. The van der Waals surface area contributed by atoms with Gasteiger partial charge in [0.25, 0.3) is 0 Å². The molecule has 1 fully saturated rings. The minimum atomic E-state index is -0.115. The van der Waals surface area contributed by atoms with Crippen LogP contribution in [0.1, 0.15) is 31.2 Å². The molecule has 0 radical (unpaired) electrons. The Balaban J connectivity index is 2.06. The van der Waals surface area contributed by atoms with Crippen molar-refractivity contribution >= 4 is 23.2 Å². The van der Waals surface area contributed by atoms with Gasteiger partial charge in [-0.15, -0.1) is 23.2 Å². The molecule has 0 spiro atoms. The van der Waals surface area contributed by atoms with Crippen molar-refractivity contribution in [3.8, 4) is 0 Å². The second-order valence-corrected chi connectivity index (χ2v) is 5.62. The minimum absolute atomic E-state index is 0.115. The third-order valence-electron chi connectivity index (χ3n) is 3.87. The summed E-state index contributed by atoms with van der Waals surface area (Å²) in [5.41, 5.74) is 1.13. The van der Waals surface area contributed by atoms with Crippen molar-refractivity contribution < 1.29 is 4.74 Å². The number of rotatable bonds is 6. The molecule has 0 saturated carbocycles.